The minimum absolute atomic E-state index is 0.130. The van der Waals surface area contributed by atoms with Crippen LogP contribution in [0.4, 0.5) is 4.39 Å². The largest absolute Gasteiger partial charge is 0.494 e. The summed E-state index contributed by atoms with van der Waals surface area (Å²) in [4.78, 5) is 10.9. The Kier molecular flexibility index (Phi) is 2.91. The van der Waals surface area contributed by atoms with Crippen molar-refractivity contribution >= 4 is 6.29 Å². The van der Waals surface area contributed by atoms with Crippen LogP contribution in [0.3, 0.4) is 0 Å². The van der Waals surface area contributed by atoms with E-state index in [9.17, 15) is 9.18 Å². The molecule has 2 aromatic rings. The Morgan fingerprint density at radius 2 is 2.24 bits per heavy atom. The van der Waals surface area contributed by atoms with Gasteiger partial charge in [0.15, 0.2) is 17.9 Å². The number of aryl methyl sites for hydroxylation is 1. The number of methoxy groups -OCH3 is 1. The molecule has 17 heavy (non-hydrogen) atoms. The molecule has 0 N–H and O–H groups in total. The first-order valence-electron chi connectivity index (χ1n) is 4.98. The second-order valence-corrected chi connectivity index (χ2v) is 3.57. The van der Waals surface area contributed by atoms with Crippen LogP contribution in [-0.4, -0.2) is 23.2 Å². The second-order valence-electron chi connectivity index (χ2n) is 3.57. The van der Waals surface area contributed by atoms with Gasteiger partial charge < -0.3 is 4.74 Å². The van der Waals surface area contributed by atoms with Gasteiger partial charge in [0.25, 0.3) is 0 Å². The molecule has 0 atom stereocenters. The summed E-state index contributed by atoms with van der Waals surface area (Å²) in [6, 6.07) is 4.37. The number of halogens is 1. The van der Waals surface area contributed by atoms with Gasteiger partial charge in [-0.25, -0.2) is 4.39 Å². The lowest BCUT2D eigenvalue weighted by Gasteiger charge is -2.04. The van der Waals surface area contributed by atoms with Crippen LogP contribution in [0, 0.1) is 5.82 Å². The van der Waals surface area contributed by atoms with Gasteiger partial charge in [-0.15, -0.1) is 0 Å². The Bertz CT molecular complexity index is 564. The molecule has 88 valence electrons. The SMILES string of the molecule is COc1cc(-c2nn(C)cc2C=O)ccc1F. The molecule has 0 saturated carbocycles. The van der Waals surface area contributed by atoms with Crippen molar-refractivity contribution in [2.45, 2.75) is 0 Å². The smallest absolute Gasteiger partial charge is 0.165 e. The fraction of sp³-hybridized carbons (Fsp3) is 0.167. The minimum Gasteiger partial charge on any atom is -0.494 e. The van der Waals surface area contributed by atoms with E-state index in [1.807, 2.05) is 0 Å². The zero-order valence-corrected chi connectivity index (χ0v) is 9.48. The van der Waals surface area contributed by atoms with E-state index in [0.29, 0.717) is 16.8 Å². The Morgan fingerprint density at radius 3 is 2.88 bits per heavy atom. The van der Waals surface area contributed by atoms with Gasteiger partial charge in [-0.2, -0.15) is 5.10 Å². The van der Waals surface area contributed by atoms with E-state index in [-0.39, 0.29) is 5.75 Å². The molecule has 1 heterocycles. The molecule has 1 aromatic carbocycles. The second kappa shape index (κ2) is 4.37. The number of rotatable bonds is 3. The van der Waals surface area contributed by atoms with Crippen molar-refractivity contribution in [1.29, 1.82) is 0 Å². The maximum Gasteiger partial charge on any atom is 0.165 e. The van der Waals surface area contributed by atoms with E-state index in [2.05, 4.69) is 5.10 Å². The van der Waals surface area contributed by atoms with Gasteiger partial charge in [-0.05, 0) is 18.2 Å². The van der Waals surface area contributed by atoms with E-state index < -0.39 is 5.82 Å². The van der Waals surface area contributed by atoms with Crippen LogP contribution < -0.4 is 4.74 Å². The lowest BCUT2D eigenvalue weighted by atomic mass is 10.1. The Morgan fingerprint density at radius 1 is 1.47 bits per heavy atom. The normalized spacial score (nSPS) is 10.3. The molecule has 0 aliphatic heterocycles. The molecule has 2 rings (SSSR count). The summed E-state index contributed by atoms with van der Waals surface area (Å²) >= 11 is 0. The molecule has 0 bridgehead atoms. The Labute approximate surface area is 97.6 Å². The fourth-order valence-electron chi connectivity index (χ4n) is 1.62. The summed E-state index contributed by atoms with van der Waals surface area (Å²) in [5.74, 6) is -0.315. The summed E-state index contributed by atoms with van der Waals surface area (Å²) in [5.41, 5.74) is 1.62. The lowest BCUT2D eigenvalue weighted by Crippen LogP contribution is -1.91. The van der Waals surface area contributed by atoms with E-state index in [1.165, 1.54) is 23.9 Å². The number of carbonyl (C=O) groups is 1. The number of benzene rings is 1. The van der Waals surface area contributed by atoms with Gasteiger partial charge in [0.05, 0.1) is 12.7 Å². The number of carbonyl (C=O) groups excluding carboxylic acids is 1. The molecule has 0 aliphatic carbocycles. The number of nitrogens with zero attached hydrogens (tertiary/aromatic N) is 2. The van der Waals surface area contributed by atoms with Gasteiger partial charge in [-0.1, -0.05) is 0 Å². The molecule has 0 fully saturated rings. The molecule has 5 heteroatoms. The van der Waals surface area contributed by atoms with Crippen LogP contribution in [0.1, 0.15) is 10.4 Å². The van der Waals surface area contributed by atoms with Gasteiger partial charge >= 0.3 is 0 Å². The van der Waals surface area contributed by atoms with Crippen molar-refractivity contribution < 1.29 is 13.9 Å². The molecule has 0 aliphatic rings. The van der Waals surface area contributed by atoms with Crippen molar-refractivity contribution in [1.82, 2.24) is 9.78 Å². The minimum atomic E-state index is -0.445. The highest BCUT2D eigenvalue weighted by molar-refractivity contribution is 5.85. The van der Waals surface area contributed by atoms with Gasteiger partial charge in [-0.3, -0.25) is 9.48 Å². The van der Waals surface area contributed by atoms with E-state index in [1.54, 1.807) is 19.3 Å². The third kappa shape index (κ3) is 2.04. The monoisotopic (exact) mass is 234 g/mol. The van der Waals surface area contributed by atoms with Crippen LogP contribution in [0.15, 0.2) is 24.4 Å². The first-order chi connectivity index (χ1) is 8.15. The fourth-order valence-corrected chi connectivity index (χ4v) is 1.62. The molecular formula is C12H11FN2O2. The maximum atomic E-state index is 13.3. The predicted molar refractivity (Wildman–Crippen MR) is 60.5 cm³/mol. The topological polar surface area (TPSA) is 44.1 Å². The molecule has 0 saturated heterocycles. The highest BCUT2D eigenvalue weighted by Crippen LogP contribution is 2.26. The molecule has 1 aromatic heterocycles. The lowest BCUT2D eigenvalue weighted by molar-refractivity contribution is 0.112. The van der Waals surface area contributed by atoms with Crippen molar-refractivity contribution in [3.8, 4) is 17.0 Å². The molecule has 0 spiro atoms. The van der Waals surface area contributed by atoms with Gasteiger partial charge in [0.1, 0.15) is 5.69 Å². The number of hydrogen-bond donors (Lipinski definition) is 0. The third-order valence-corrected chi connectivity index (χ3v) is 2.41. The summed E-state index contributed by atoms with van der Waals surface area (Å²) < 4.78 is 19.7. The van der Waals surface area contributed by atoms with Crippen LogP contribution in [0.5, 0.6) is 5.75 Å². The standard InChI is InChI=1S/C12H11FN2O2/c1-15-6-9(7-16)12(14-15)8-3-4-10(13)11(5-8)17-2/h3-7H,1-2H3. The summed E-state index contributed by atoms with van der Waals surface area (Å²) in [5, 5.41) is 4.16. The van der Waals surface area contributed by atoms with Crippen LogP contribution in [0.25, 0.3) is 11.3 Å². The Balaban J connectivity index is 2.56. The number of aldehydes is 1. The van der Waals surface area contributed by atoms with Gasteiger partial charge in [0, 0.05) is 18.8 Å². The molecule has 0 amide bonds. The van der Waals surface area contributed by atoms with E-state index >= 15 is 0 Å². The molecule has 0 radical (unpaired) electrons. The quantitative estimate of drug-likeness (QED) is 0.763. The number of ether oxygens (including phenoxy) is 1. The van der Waals surface area contributed by atoms with Crippen LogP contribution in [-0.2, 0) is 7.05 Å². The van der Waals surface area contributed by atoms with E-state index in [4.69, 9.17) is 4.74 Å². The number of hydrogen-bond acceptors (Lipinski definition) is 3. The summed E-state index contributed by atoms with van der Waals surface area (Å²) in [6.07, 6.45) is 2.33. The van der Waals surface area contributed by atoms with E-state index in [0.717, 1.165) is 6.29 Å². The molecule has 4 nitrogen and oxygen atoms in total. The highest BCUT2D eigenvalue weighted by Gasteiger charge is 2.12. The van der Waals surface area contributed by atoms with Crippen LogP contribution >= 0.6 is 0 Å². The first kappa shape index (κ1) is 11.3. The van der Waals surface area contributed by atoms with Crippen molar-refractivity contribution in [2.75, 3.05) is 7.11 Å². The molecule has 0 unspecified atom stereocenters. The maximum absolute atomic E-state index is 13.3. The zero-order valence-electron chi connectivity index (χ0n) is 9.48. The van der Waals surface area contributed by atoms with Gasteiger partial charge in [0.2, 0.25) is 0 Å². The van der Waals surface area contributed by atoms with Crippen molar-refractivity contribution in [3.05, 3.63) is 35.8 Å². The zero-order chi connectivity index (χ0) is 12.4. The highest BCUT2D eigenvalue weighted by atomic mass is 19.1. The first-order valence-corrected chi connectivity index (χ1v) is 4.98. The average Bonchev–Trinajstić information content (AvgIpc) is 2.71. The third-order valence-electron chi connectivity index (χ3n) is 2.41. The summed E-state index contributed by atoms with van der Waals surface area (Å²) in [7, 11) is 3.11. The summed E-state index contributed by atoms with van der Waals surface area (Å²) in [6.45, 7) is 0. The Hall–Kier alpha value is -2.17. The van der Waals surface area contributed by atoms with Crippen molar-refractivity contribution in [2.24, 2.45) is 7.05 Å². The van der Waals surface area contributed by atoms with Crippen LogP contribution in [0.2, 0.25) is 0 Å². The molecular weight excluding hydrogens is 223 g/mol. The average molecular weight is 234 g/mol. The van der Waals surface area contributed by atoms with Crippen molar-refractivity contribution in [3.63, 3.8) is 0 Å². The predicted octanol–water partition coefficient (Wildman–Crippen LogP) is 2.05. The number of aromatic nitrogens is 2.